The molecule has 0 unspecified atom stereocenters. The maximum atomic E-state index is 13.6. The molecule has 202 valence electrons. The standard InChI is InChI=1S/C32H30N4O4/c1-22-9-5-6-12-25(22)21-36-28(31(38)34-20-18-26-13-7-8-19-33-26)29(40-32(36)39)23-14-16-27(17-15-23)35-30(37)24-10-3-2-4-11-24/h2-17,19,28-29H,18,20-21H2,1H3,(H,34,38)(H,35,37)/t28-,29-/m0/s1. The molecule has 1 saturated heterocycles. The van der Waals surface area contributed by atoms with Crippen molar-refractivity contribution in [3.8, 4) is 0 Å². The van der Waals surface area contributed by atoms with E-state index in [0.717, 1.165) is 16.8 Å². The first kappa shape index (κ1) is 26.6. The van der Waals surface area contributed by atoms with Gasteiger partial charge in [-0.25, -0.2) is 4.79 Å². The lowest BCUT2D eigenvalue weighted by Crippen LogP contribution is -2.46. The van der Waals surface area contributed by atoms with Crippen LogP contribution in [-0.2, 0) is 22.5 Å². The second-order valence-electron chi connectivity index (χ2n) is 9.61. The van der Waals surface area contributed by atoms with E-state index < -0.39 is 18.2 Å². The third-order valence-electron chi connectivity index (χ3n) is 6.89. The molecular formula is C32H30N4O4. The number of hydrogen-bond donors (Lipinski definition) is 2. The summed E-state index contributed by atoms with van der Waals surface area (Å²) in [7, 11) is 0. The van der Waals surface area contributed by atoms with E-state index in [0.29, 0.717) is 29.8 Å². The molecule has 1 aromatic heterocycles. The van der Waals surface area contributed by atoms with Gasteiger partial charge in [0.1, 0.15) is 0 Å². The number of hydrogen-bond acceptors (Lipinski definition) is 5. The van der Waals surface area contributed by atoms with Gasteiger partial charge in [0.05, 0.1) is 6.54 Å². The number of pyridine rings is 1. The number of nitrogens with zero attached hydrogens (tertiary/aromatic N) is 2. The Kier molecular flexibility index (Phi) is 8.15. The largest absolute Gasteiger partial charge is 0.438 e. The average molecular weight is 535 g/mol. The Morgan fingerprint density at radius 3 is 2.35 bits per heavy atom. The van der Waals surface area contributed by atoms with Crippen molar-refractivity contribution < 1.29 is 19.1 Å². The molecule has 3 amide bonds. The molecule has 0 bridgehead atoms. The van der Waals surface area contributed by atoms with Crippen LogP contribution in [0, 0.1) is 6.92 Å². The van der Waals surface area contributed by atoms with Gasteiger partial charge in [-0.15, -0.1) is 0 Å². The summed E-state index contributed by atoms with van der Waals surface area (Å²) in [6.07, 6.45) is 0.906. The van der Waals surface area contributed by atoms with E-state index in [1.807, 2.05) is 55.5 Å². The fourth-order valence-corrected chi connectivity index (χ4v) is 4.69. The molecule has 8 heteroatoms. The number of carbonyl (C=O) groups is 3. The minimum atomic E-state index is -0.874. The lowest BCUT2D eigenvalue weighted by molar-refractivity contribution is -0.126. The Morgan fingerprint density at radius 1 is 0.900 bits per heavy atom. The molecule has 1 aliphatic heterocycles. The van der Waals surface area contributed by atoms with Gasteiger partial charge in [-0.2, -0.15) is 0 Å². The van der Waals surface area contributed by atoms with Crippen LogP contribution in [0.1, 0.15) is 38.8 Å². The predicted molar refractivity (Wildman–Crippen MR) is 152 cm³/mol. The molecule has 0 saturated carbocycles. The van der Waals surface area contributed by atoms with Gasteiger partial charge in [0.15, 0.2) is 12.1 Å². The van der Waals surface area contributed by atoms with E-state index in [9.17, 15) is 14.4 Å². The number of nitrogens with one attached hydrogen (secondary N) is 2. The summed E-state index contributed by atoms with van der Waals surface area (Å²) < 4.78 is 5.79. The van der Waals surface area contributed by atoms with Crippen LogP contribution in [0.15, 0.2) is 103 Å². The summed E-state index contributed by atoms with van der Waals surface area (Å²) in [6.45, 7) is 2.58. The third-order valence-corrected chi connectivity index (χ3v) is 6.89. The maximum absolute atomic E-state index is 13.6. The number of ether oxygens (including phenoxy) is 1. The van der Waals surface area contributed by atoms with E-state index in [-0.39, 0.29) is 18.4 Å². The van der Waals surface area contributed by atoms with Crippen LogP contribution in [0.4, 0.5) is 10.5 Å². The molecule has 0 radical (unpaired) electrons. The summed E-state index contributed by atoms with van der Waals surface area (Å²) >= 11 is 0. The highest BCUT2D eigenvalue weighted by atomic mass is 16.6. The van der Waals surface area contributed by atoms with Crippen molar-refractivity contribution in [2.45, 2.75) is 32.0 Å². The van der Waals surface area contributed by atoms with Gasteiger partial charge in [-0.05, 0) is 60.0 Å². The van der Waals surface area contributed by atoms with Crippen LogP contribution < -0.4 is 10.6 Å². The Bertz CT molecular complexity index is 1480. The highest BCUT2D eigenvalue weighted by molar-refractivity contribution is 6.04. The van der Waals surface area contributed by atoms with Gasteiger partial charge in [0, 0.05) is 36.1 Å². The lowest BCUT2D eigenvalue weighted by atomic mass is 9.99. The summed E-state index contributed by atoms with van der Waals surface area (Å²) in [5.74, 6) is -0.531. The van der Waals surface area contributed by atoms with Crippen molar-refractivity contribution in [1.82, 2.24) is 15.2 Å². The van der Waals surface area contributed by atoms with E-state index in [2.05, 4.69) is 15.6 Å². The first-order valence-electron chi connectivity index (χ1n) is 13.2. The van der Waals surface area contributed by atoms with Gasteiger partial charge in [-0.3, -0.25) is 19.5 Å². The van der Waals surface area contributed by atoms with E-state index in [1.165, 1.54) is 4.90 Å². The van der Waals surface area contributed by atoms with Crippen LogP contribution in [0.3, 0.4) is 0 Å². The summed E-state index contributed by atoms with van der Waals surface area (Å²) in [5, 5.41) is 5.84. The van der Waals surface area contributed by atoms with Crippen molar-refractivity contribution in [1.29, 1.82) is 0 Å². The first-order valence-corrected chi connectivity index (χ1v) is 13.2. The number of amides is 3. The Hall–Kier alpha value is -4.98. The molecule has 2 atom stereocenters. The fourth-order valence-electron chi connectivity index (χ4n) is 4.69. The number of anilines is 1. The number of rotatable bonds is 9. The summed E-state index contributed by atoms with van der Waals surface area (Å²) in [5.41, 5.74) is 4.61. The Labute approximate surface area is 233 Å². The van der Waals surface area contributed by atoms with E-state index in [4.69, 9.17) is 4.74 Å². The van der Waals surface area contributed by atoms with Crippen molar-refractivity contribution in [2.75, 3.05) is 11.9 Å². The molecule has 5 rings (SSSR count). The second-order valence-corrected chi connectivity index (χ2v) is 9.61. The minimum Gasteiger partial charge on any atom is -0.438 e. The highest BCUT2D eigenvalue weighted by Crippen LogP contribution is 2.35. The SMILES string of the molecule is Cc1ccccc1CN1C(=O)O[C@@H](c2ccc(NC(=O)c3ccccc3)cc2)[C@H]1C(=O)NCCc1ccccn1. The molecule has 4 aromatic rings. The third kappa shape index (κ3) is 6.18. The van der Waals surface area contributed by atoms with Gasteiger partial charge in [0.25, 0.3) is 5.91 Å². The zero-order chi connectivity index (χ0) is 27.9. The quantitative estimate of drug-likeness (QED) is 0.313. The molecule has 3 aromatic carbocycles. The molecular weight excluding hydrogens is 504 g/mol. The van der Waals surface area contributed by atoms with Gasteiger partial charge < -0.3 is 15.4 Å². The van der Waals surface area contributed by atoms with Crippen LogP contribution >= 0.6 is 0 Å². The molecule has 0 aliphatic carbocycles. The van der Waals surface area contributed by atoms with Gasteiger partial charge in [0.2, 0.25) is 5.91 Å². The summed E-state index contributed by atoms with van der Waals surface area (Å²) in [6, 6.07) is 28.5. The van der Waals surface area contributed by atoms with Crippen molar-refractivity contribution in [3.05, 3.63) is 131 Å². The molecule has 1 fully saturated rings. The first-order chi connectivity index (χ1) is 19.5. The molecule has 2 heterocycles. The number of aryl methyl sites for hydroxylation is 1. The van der Waals surface area contributed by atoms with Crippen LogP contribution in [-0.4, -0.2) is 40.4 Å². The van der Waals surface area contributed by atoms with Crippen molar-refractivity contribution >= 4 is 23.6 Å². The van der Waals surface area contributed by atoms with Gasteiger partial charge >= 0.3 is 6.09 Å². The van der Waals surface area contributed by atoms with Gasteiger partial charge in [-0.1, -0.05) is 60.7 Å². The van der Waals surface area contributed by atoms with Crippen LogP contribution in [0.25, 0.3) is 0 Å². The molecule has 1 aliphatic rings. The predicted octanol–water partition coefficient (Wildman–Crippen LogP) is 5.06. The van der Waals surface area contributed by atoms with E-state index in [1.54, 1.807) is 54.7 Å². The zero-order valence-corrected chi connectivity index (χ0v) is 22.1. The fraction of sp³-hybridized carbons (Fsp3) is 0.188. The number of aromatic nitrogens is 1. The monoisotopic (exact) mass is 534 g/mol. The molecule has 2 N–H and O–H groups in total. The Morgan fingerprint density at radius 2 is 1.62 bits per heavy atom. The normalized spacial score (nSPS) is 16.3. The highest BCUT2D eigenvalue weighted by Gasteiger charge is 2.47. The van der Waals surface area contributed by atoms with Crippen LogP contribution in [0.2, 0.25) is 0 Å². The number of benzene rings is 3. The molecule has 0 spiro atoms. The number of carbonyl (C=O) groups excluding carboxylic acids is 3. The summed E-state index contributed by atoms with van der Waals surface area (Å²) in [4.78, 5) is 45.0. The number of cyclic esters (lactones) is 1. The lowest BCUT2D eigenvalue weighted by Gasteiger charge is -2.25. The maximum Gasteiger partial charge on any atom is 0.411 e. The van der Waals surface area contributed by atoms with E-state index >= 15 is 0 Å². The minimum absolute atomic E-state index is 0.227. The zero-order valence-electron chi connectivity index (χ0n) is 22.1. The van der Waals surface area contributed by atoms with Crippen LogP contribution in [0.5, 0.6) is 0 Å². The second kappa shape index (κ2) is 12.3. The Balaban J connectivity index is 1.35. The molecule has 8 nitrogen and oxygen atoms in total. The topological polar surface area (TPSA) is 101 Å². The van der Waals surface area contributed by atoms with Crippen molar-refractivity contribution in [2.24, 2.45) is 0 Å². The molecule has 40 heavy (non-hydrogen) atoms. The average Bonchev–Trinajstić information content (AvgIpc) is 3.31. The van der Waals surface area contributed by atoms with Crippen molar-refractivity contribution in [3.63, 3.8) is 0 Å². The smallest absolute Gasteiger partial charge is 0.411 e.